The average Bonchev–Trinajstić information content (AvgIpc) is 2.43. The van der Waals surface area contributed by atoms with Crippen LogP contribution in [0.2, 0.25) is 0 Å². The zero-order chi connectivity index (χ0) is 14.1. The molecule has 1 aromatic carbocycles. The van der Waals surface area contributed by atoms with Crippen molar-refractivity contribution in [3.63, 3.8) is 0 Å². The summed E-state index contributed by atoms with van der Waals surface area (Å²) in [4.78, 5) is 0. The Hall–Kier alpha value is -1.49. The Kier molecular flexibility index (Phi) is 7.03. The van der Waals surface area contributed by atoms with Crippen LogP contribution >= 0.6 is 12.2 Å². The van der Waals surface area contributed by atoms with Gasteiger partial charge < -0.3 is 20.1 Å². The summed E-state index contributed by atoms with van der Waals surface area (Å²) in [7, 11) is 3.26. The highest BCUT2D eigenvalue weighted by molar-refractivity contribution is 7.80. The zero-order valence-electron chi connectivity index (χ0n) is 11.8. The van der Waals surface area contributed by atoms with Gasteiger partial charge in [0.15, 0.2) is 5.11 Å². The summed E-state index contributed by atoms with van der Waals surface area (Å²) < 4.78 is 10.5. The van der Waals surface area contributed by atoms with Crippen molar-refractivity contribution >= 4 is 23.0 Å². The molecule has 0 aliphatic carbocycles. The van der Waals surface area contributed by atoms with E-state index in [9.17, 15) is 0 Å². The molecule has 0 aromatic heterocycles. The number of unbranched alkanes of at least 4 members (excludes halogenated alkanes) is 2. The first kappa shape index (κ1) is 15.6. The molecule has 0 saturated carbocycles. The van der Waals surface area contributed by atoms with Gasteiger partial charge in [-0.05, 0) is 30.8 Å². The first-order chi connectivity index (χ1) is 9.21. The lowest BCUT2D eigenvalue weighted by Gasteiger charge is -2.14. The molecule has 19 heavy (non-hydrogen) atoms. The van der Waals surface area contributed by atoms with Gasteiger partial charge in [0, 0.05) is 12.6 Å². The van der Waals surface area contributed by atoms with Crippen molar-refractivity contribution in [1.82, 2.24) is 5.32 Å². The van der Waals surface area contributed by atoms with Crippen LogP contribution < -0.4 is 20.1 Å². The second-order valence-corrected chi connectivity index (χ2v) is 4.56. The van der Waals surface area contributed by atoms with Crippen molar-refractivity contribution in [2.45, 2.75) is 26.2 Å². The number of rotatable bonds is 7. The summed E-state index contributed by atoms with van der Waals surface area (Å²) in [5.74, 6) is 1.50. The minimum Gasteiger partial charge on any atom is -0.497 e. The Morgan fingerprint density at radius 3 is 2.63 bits per heavy atom. The summed E-state index contributed by atoms with van der Waals surface area (Å²) in [6, 6.07) is 5.56. The minimum absolute atomic E-state index is 0.600. The van der Waals surface area contributed by atoms with Crippen molar-refractivity contribution in [1.29, 1.82) is 0 Å². The Morgan fingerprint density at radius 1 is 1.21 bits per heavy atom. The molecule has 1 rings (SSSR count). The maximum Gasteiger partial charge on any atom is 0.170 e. The second-order valence-electron chi connectivity index (χ2n) is 4.15. The largest absolute Gasteiger partial charge is 0.497 e. The third-order valence-corrected chi connectivity index (χ3v) is 2.97. The van der Waals surface area contributed by atoms with Crippen LogP contribution in [0.25, 0.3) is 0 Å². The van der Waals surface area contributed by atoms with Crippen molar-refractivity contribution in [3.05, 3.63) is 18.2 Å². The monoisotopic (exact) mass is 282 g/mol. The third-order valence-electron chi connectivity index (χ3n) is 2.72. The Labute approximate surface area is 120 Å². The number of benzene rings is 1. The molecular formula is C14H22N2O2S. The molecule has 0 aliphatic rings. The van der Waals surface area contributed by atoms with Crippen LogP contribution in [-0.2, 0) is 0 Å². The highest BCUT2D eigenvalue weighted by Crippen LogP contribution is 2.28. The lowest BCUT2D eigenvalue weighted by Crippen LogP contribution is -2.29. The van der Waals surface area contributed by atoms with E-state index in [1.165, 1.54) is 12.8 Å². The molecule has 2 N–H and O–H groups in total. The Morgan fingerprint density at radius 2 is 2.00 bits per heavy atom. The van der Waals surface area contributed by atoms with Crippen LogP contribution in [0.15, 0.2) is 18.2 Å². The van der Waals surface area contributed by atoms with Crippen LogP contribution in [0.1, 0.15) is 26.2 Å². The number of nitrogens with one attached hydrogen (secondary N) is 2. The summed E-state index contributed by atoms with van der Waals surface area (Å²) in [6.45, 7) is 3.06. The lowest BCUT2D eigenvalue weighted by atomic mass is 10.2. The van der Waals surface area contributed by atoms with Gasteiger partial charge in [0.1, 0.15) is 11.5 Å². The van der Waals surface area contributed by atoms with Gasteiger partial charge >= 0.3 is 0 Å². The molecule has 0 fully saturated rings. The van der Waals surface area contributed by atoms with E-state index in [-0.39, 0.29) is 0 Å². The van der Waals surface area contributed by atoms with E-state index in [1.807, 2.05) is 18.2 Å². The molecule has 0 bridgehead atoms. The normalized spacial score (nSPS) is 9.84. The minimum atomic E-state index is 0.600. The number of methoxy groups -OCH3 is 2. The van der Waals surface area contributed by atoms with E-state index < -0.39 is 0 Å². The topological polar surface area (TPSA) is 42.5 Å². The predicted octanol–water partition coefficient (Wildman–Crippen LogP) is 3.18. The number of hydrogen-bond donors (Lipinski definition) is 2. The summed E-state index contributed by atoms with van der Waals surface area (Å²) in [5, 5.41) is 6.91. The smallest absolute Gasteiger partial charge is 0.170 e. The van der Waals surface area contributed by atoms with E-state index in [1.54, 1.807) is 14.2 Å². The molecule has 106 valence electrons. The third kappa shape index (κ3) is 5.34. The molecule has 5 heteroatoms. The highest BCUT2D eigenvalue weighted by atomic mass is 32.1. The van der Waals surface area contributed by atoms with Gasteiger partial charge in [0.2, 0.25) is 0 Å². The molecular weight excluding hydrogens is 260 g/mol. The van der Waals surface area contributed by atoms with Crippen molar-refractivity contribution in [2.24, 2.45) is 0 Å². The lowest BCUT2D eigenvalue weighted by molar-refractivity contribution is 0.405. The zero-order valence-corrected chi connectivity index (χ0v) is 12.6. The van der Waals surface area contributed by atoms with E-state index in [2.05, 4.69) is 17.6 Å². The molecule has 0 atom stereocenters. The van der Waals surface area contributed by atoms with Gasteiger partial charge in [-0.3, -0.25) is 0 Å². The van der Waals surface area contributed by atoms with Crippen LogP contribution in [0.4, 0.5) is 5.69 Å². The standard InChI is InChI=1S/C14H22N2O2S/c1-4-5-6-9-15-14(19)16-12-10-11(17-2)7-8-13(12)18-3/h7-8,10H,4-6,9H2,1-3H3,(H2,15,16,19). The molecule has 0 amide bonds. The predicted molar refractivity (Wildman–Crippen MR) is 83.3 cm³/mol. The van der Waals surface area contributed by atoms with Gasteiger partial charge in [0.25, 0.3) is 0 Å². The number of hydrogen-bond acceptors (Lipinski definition) is 3. The van der Waals surface area contributed by atoms with Crippen LogP contribution in [0.5, 0.6) is 11.5 Å². The molecule has 0 spiro atoms. The van der Waals surface area contributed by atoms with Gasteiger partial charge in [-0.1, -0.05) is 19.8 Å². The molecule has 0 heterocycles. The fraction of sp³-hybridized carbons (Fsp3) is 0.500. The summed E-state index contributed by atoms with van der Waals surface area (Å²) >= 11 is 5.25. The summed E-state index contributed by atoms with van der Waals surface area (Å²) in [6.07, 6.45) is 3.53. The van der Waals surface area contributed by atoms with Crippen LogP contribution in [-0.4, -0.2) is 25.9 Å². The highest BCUT2D eigenvalue weighted by Gasteiger charge is 2.06. The van der Waals surface area contributed by atoms with E-state index >= 15 is 0 Å². The van der Waals surface area contributed by atoms with Crippen molar-refractivity contribution < 1.29 is 9.47 Å². The van der Waals surface area contributed by atoms with Gasteiger partial charge in [-0.25, -0.2) is 0 Å². The van der Waals surface area contributed by atoms with Gasteiger partial charge in [0.05, 0.1) is 19.9 Å². The van der Waals surface area contributed by atoms with E-state index in [0.717, 1.165) is 30.2 Å². The molecule has 0 saturated heterocycles. The quantitative estimate of drug-likeness (QED) is 0.594. The molecule has 0 aliphatic heterocycles. The first-order valence-corrected chi connectivity index (χ1v) is 6.89. The van der Waals surface area contributed by atoms with E-state index in [0.29, 0.717) is 5.11 Å². The van der Waals surface area contributed by atoms with Gasteiger partial charge in [-0.15, -0.1) is 0 Å². The average molecular weight is 282 g/mol. The SMILES string of the molecule is CCCCCNC(=S)Nc1cc(OC)ccc1OC. The van der Waals surface area contributed by atoms with Crippen LogP contribution in [0, 0.1) is 0 Å². The Balaban J connectivity index is 2.56. The fourth-order valence-corrected chi connectivity index (χ4v) is 1.87. The van der Waals surface area contributed by atoms with Crippen molar-refractivity contribution in [2.75, 3.05) is 26.1 Å². The van der Waals surface area contributed by atoms with Crippen LogP contribution in [0.3, 0.4) is 0 Å². The van der Waals surface area contributed by atoms with Crippen molar-refractivity contribution in [3.8, 4) is 11.5 Å². The van der Waals surface area contributed by atoms with E-state index in [4.69, 9.17) is 21.7 Å². The first-order valence-electron chi connectivity index (χ1n) is 6.48. The molecule has 0 radical (unpaired) electrons. The number of ether oxygens (including phenoxy) is 2. The maximum absolute atomic E-state index is 5.28. The maximum atomic E-state index is 5.28. The fourth-order valence-electron chi connectivity index (χ4n) is 1.66. The Bertz CT molecular complexity index is 410. The molecule has 4 nitrogen and oxygen atoms in total. The molecule has 0 unspecified atom stereocenters. The number of anilines is 1. The number of thiocarbonyl (C=S) groups is 1. The second kappa shape index (κ2) is 8.58. The summed E-state index contributed by atoms with van der Waals surface area (Å²) in [5.41, 5.74) is 0.801. The molecule has 1 aromatic rings. The van der Waals surface area contributed by atoms with Gasteiger partial charge in [-0.2, -0.15) is 0 Å².